The van der Waals surface area contributed by atoms with Gasteiger partial charge in [0.05, 0.1) is 6.54 Å². The van der Waals surface area contributed by atoms with Crippen molar-refractivity contribution in [3.63, 3.8) is 0 Å². The molecule has 4 amide bonds. The number of halogens is 2. The van der Waals surface area contributed by atoms with E-state index in [-0.39, 0.29) is 18.8 Å². The topological polar surface area (TPSA) is 109 Å². The zero-order valence-corrected chi connectivity index (χ0v) is 17.5. The summed E-state index contributed by atoms with van der Waals surface area (Å²) in [4.78, 5) is 38.5. The second-order valence-electron chi connectivity index (χ2n) is 6.86. The first-order valence-electron chi connectivity index (χ1n) is 9.14. The molecular formula is C21H16Cl2N4O4. The van der Waals surface area contributed by atoms with E-state index in [1.54, 1.807) is 48.5 Å². The van der Waals surface area contributed by atoms with Crippen molar-refractivity contribution < 1.29 is 18.8 Å². The molecule has 3 N–H and O–H groups in total. The maximum atomic E-state index is 12.6. The van der Waals surface area contributed by atoms with Crippen molar-refractivity contribution >= 4 is 46.7 Å². The minimum atomic E-state index is -0.675. The van der Waals surface area contributed by atoms with Crippen LogP contribution in [0.4, 0.5) is 10.5 Å². The molecule has 158 valence electrons. The number of imide groups is 1. The summed E-state index contributed by atoms with van der Waals surface area (Å²) in [5, 5.41) is 1.78. The van der Waals surface area contributed by atoms with Crippen molar-refractivity contribution in [1.82, 2.24) is 15.3 Å². The molecule has 0 bridgehead atoms. The molecule has 0 radical (unpaired) electrons. The molecule has 1 saturated heterocycles. The van der Waals surface area contributed by atoms with Gasteiger partial charge in [0.15, 0.2) is 5.76 Å². The molecule has 0 atom stereocenters. The average Bonchev–Trinajstić information content (AvgIpc) is 3.29. The Balaban J connectivity index is 1.45. The van der Waals surface area contributed by atoms with Crippen molar-refractivity contribution in [2.45, 2.75) is 6.54 Å². The van der Waals surface area contributed by atoms with Crippen LogP contribution in [0.5, 0.6) is 0 Å². The van der Waals surface area contributed by atoms with E-state index >= 15 is 0 Å². The van der Waals surface area contributed by atoms with E-state index in [2.05, 4.69) is 5.43 Å². The first-order valence-corrected chi connectivity index (χ1v) is 9.89. The van der Waals surface area contributed by atoms with Gasteiger partial charge in [0.25, 0.3) is 5.91 Å². The van der Waals surface area contributed by atoms with Gasteiger partial charge in [-0.05, 0) is 48.0 Å². The maximum Gasteiger partial charge on any atom is 0.346 e. The number of nitrogens with zero attached hydrogens (tertiary/aromatic N) is 2. The summed E-state index contributed by atoms with van der Waals surface area (Å²) in [7, 11) is 0. The fourth-order valence-electron chi connectivity index (χ4n) is 3.15. The molecule has 4 rings (SSSR count). The van der Waals surface area contributed by atoms with E-state index in [1.807, 2.05) is 0 Å². The lowest BCUT2D eigenvalue weighted by Crippen LogP contribution is -2.44. The molecule has 2 heterocycles. The normalized spacial score (nSPS) is 13.7. The molecule has 3 aromatic rings. The number of amides is 4. The Hall–Kier alpha value is -3.49. The third-order valence-electron chi connectivity index (χ3n) is 4.56. The number of hydrogen-bond acceptors (Lipinski definition) is 5. The monoisotopic (exact) mass is 458 g/mol. The van der Waals surface area contributed by atoms with E-state index in [1.165, 1.54) is 6.07 Å². The van der Waals surface area contributed by atoms with Gasteiger partial charge in [0, 0.05) is 21.3 Å². The standard InChI is InChI=1S/C21H16Cl2N4O4/c22-14-7-13(8-15(23)9-14)17-4-5-18(31-17)20(29)25-27-11-19(28)26(21(27)30)10-12-2-1-3-16(24)6-12/h1-9H,10-11,24H2,(H,25,29). The molecular weight excluding hydrogens is 443 g/mol. The molecule has 8 nitrogen and oxygen atoms in total. The summed E-state index contributed by atoms with van der Waals surface area (Å²) in [5.74, 6) is -0.782. The van der Waals surface area contributed by atoms with Gasteiger partial charge in [-0.3, -0.25) is 19.9 Å². The Morgan fingerprint density at radius 1 is 1.06 bits per heavy atom. The lowest BCUT2D eigenvalue weighted by Gasteiger charge is -2.17. The highest BCUT2D eigenvalue weighted by molar-refractivity contribution is 6.35. The number of carbonyl (C=O) groups excluding carboxylic acids is 3. The average molecular weight is 459 g/mol. The van der Waals surface area contributed by atoms with Crippen LogP contribution in [0.15, 0.2) is 59.0 Å². The van der Waals surface area contributed by atoms with Gasteiger partial charge < -0.3 is 10.2 Å². The molecule has 0 spiro atoms. The number of hydrazine groups is 1. The number of nitrogens with one attached hydrogen (secondary N) is 1. The molecule has 10 heteroatoms. The van der Waals surface area contributed by atoms with E-state index in [0.29, 0.717) is 32.6 Å². The summed E-state index contributed by atoms with van der Waals surface area (Å²) in [5.41, 5.74) is 9.96. The number of nitrogen functional groups attached to an aromatic ring is 1. The van der Waals surface area contributed by atoms with Gasteiger partial charge in [-0.15, -0.1) is 0 Å². The summed E-state index contributed by atoms with van der Waals surface area (Å²) in [6.45, 7) is -0.236. The Kier molecular flexibility index (Phi) is 5.58. The van der Waals surface area contributed by atoms with Crippen LogP contribution in [0.3, 0.4) is 0 Å². The third kappa shape index (κ3) is 4.50. The van der Waals surface area contributed by atoms with Gasteiger partial charge in [-0.1, -0.05) is 35.3 Å². The predicted octanol–water partition coefficient (Wildman–Crippen LogP) is 3.94. The number of rotatable bonds is 5. The number of furan rings is 1. The molecule has 1 aliphatic heterocycles. The fourth-order valence-corrected chi connectivity index (χ4v) is 3.67. The number of hydrogen-bond donors (Lipinski definition) is 2. The first-order chi connectivity index (χ1) is 14.8. The summed E-state index contributed by atoms with van der Waals surface area (Å²) in [6, 6.07) is 14.1. The number of carbonyl (C=O) groups is 3. The molecule has 0 aliphatic carbocycles. The van der Waals surface area contributed by atoms with Crippen LogP contribution in [0.1, 0.15) is 16.1 Å². The minimum Gasteiger partial charge on any atom is -0.451 e. The molecule has 0 unspecified atom stereocenters. The van der Waals surface area contributed by atoms with Crippen molar-refractivity contribution in [2.24, 2.45) is 0 Å². The van der Waals surface area contributed by atoms with E-state index in [0.717, 1.165) is 9.91 Å². The predicted molar refractivity (Wildman–Crippen MR) is 115 cm³/mol. The zero-order chi connectivity index (χ0) is 22.1. The molecule has 1 aromatic heterocycles. The highest BCUT2D eigenvalue weighted by atomic mass is 35.5. The van der Waals surface area contributed by atoms with E-state index in [9.17, 15) is 14.4 Å². The second kappa shape index (κ2) is 8.33. The molecule has 1 fully saturated rings. The summed E-state index contributed by atoms with van der Waals surface area (Å²) >= 11 is 12.0. The molecule has 0 saturated carbocycles. The van der Waals surface area contributed by atoms with Crippen molar-refractivity contribution in [3.8, 4) is 11.3 Å². The van der Waals surface area contributed by atoms with Crippen molar-refractivity contribution in [3.05, 3.63) is 76.0 Å². The van der Waals surface area contributed by atoms with Gasteiger partial charge >= 0.3 is 11.9 Å². The SMILES string of the molecule is Nc1cccc(CN2C(=O)CN(NC(=O)c3ccc(-c4cc(Cl)cc(Cl)c4)o3)C2=O)c1. The minimum absolute atomic E-state index is 0.0411. The van der Waals surface area contributed by atoms with Gasteiger partial charge in [0.1, 0.15) is 12.3 Å². The van der Waals surface area contributed by atoms with Gasteiger partial charge in [0.2, 0.25) is 0 Å². The van der Waals surface area contributed by atoms with E-state index in [4.69, 9.17) is 33.4 Å². The number of benzene rings is 2. The Morgan fingerprint density at radius 2 is 1.81 bits per heavy atom. The summed E-state index contributed by atoms with van der Waals surface area (Å²) in [6.07, 6.45) is 0. The van der Waals surface area contributed by atoms with Crippen molar-refractivity contribution in [2.75, 3.05) is 12.3 Å². The Morgan fingerprint density at radius 3 is 2.52 bits per heavy atom. The van der Waals surface area contributed by atoms with Crippen LogP contribution in [0.25, 0.3) is 11.3 Å². The van der Waals surface area contributed by atoms with E-state index < -0.39 is 17.8 Å². The Bertz CT molecular complexity index is 1170. The number of urea groups is 1. The quantitative estimate of drug-likeness (QED) is 0.444. The maximum absolute atomic E-state index is 12.6. The van der Waals surface area contributed by atoms with Gasteiger partial charge in [-0.2, -0.15) is 0 Å². The number of nitrogens with two attached hydrogens (primary N) is 1. The lowest BCUT2D eigenvalue weighted by molar-refractivity contribution is -0.125. The zero-order valence-electron chi connectivity index (χ0n) is 16.0. The second-order valence-corrected chi connectivity index (χ2v) is 7.73. The lowest BCUT2D eigenvalue weighted by atomic mass is 10.2. The van der Waals surface area contributed by atoms with Crippen LogP contribution in [0.2, 0.25) is 10.0 Å². The largest absolute Gasteiger partial charge is 0.451 e. The number of anilines is 1. The first kappa shape index (κ1) is 20.8. The van der Waals surface area contributed by atoms with Crippen LogP contribution in [-0.2, 0) is 11.3 Å². The van der Waals surface area contributed by atoms with Crippen LogP contribution < -0.4 is 11.2 Å². The van der Waals surface area contributed by atoms with Crippen LogP contribution in [-0.4, -0.2) is 34.3 Å². The molecule has 1 aliphatic rings. The Labute approximate surface area is 187 Å². The highest BCUT2D eigenvalue weighted by Gasteiger charge is 2.37. The van der Waals surface area contributed by atoms with Gasteiger partial charge in [-0.25, -0.2) is 9.80 Å². The molecule has 31 heavy (non-hydrogen) atoms. The summed E-state index contributed by atoms with van der Waals surface area (Å²) < 4.78 is 5.57. The molecule has 2 aromatic carbocycles. The smallest absolute Gasteiger partial charge is 0.346 e. The highest BCUT2D eigenvalue weighted by Crippen LogP contribution is 2.28. The fraction of sp³-hybridized carbons (Fsp3) is 0.0952. The van der Waals surface area contributed by atoms with Crippen LogP contribution in [0, 0.1) is 0 Å². The van der Waals surface area contributed by atoms with Crippen molar-refractivity contribution in [1.29, 1.82) is 0 Å². The van der Waals surface area contributed by atoms with Crippen LogP contribution >= 0.6 is 23.2 Å². The third-order valence-corrected chi connectivity index (χ3v) is 5.00.